The maximum atomic E-state index is 13.6. The maximum Gasteiger partial charge on any atom is 0.126 e. The van der Waals surface area contributed by atoms with Crippen LogP contribution in [0.25, 0.3) is 0 Å². The van der Waals surface area contributed by atoms with Gasteiger partial charge in [0, 0.05) is 11.6 Å². The Bertz CT molecular complexity index is 365. The largest absolute Gasteiger partial charge is 0.493 e. The van der Waals surface area contributed by atoms with E-state index in [2.05, 4.69) is 12.2 Å². The summed E-state index contributed by atoms with van der Waals surface area (Å²) >= 11 is 0. The van der Waals surface area contributed by atoms with Gasteiger partial charge in [-0.15, -0.1) is 0 Å². The molecule has 0 radical (unpaired) electrons. The van der Waals surface area contributed by atoms with Gasteiger partial charge in [0.1, 0.15) is 11.6 Å². The molecule has 1 aromatic rings. The lowest BCUT2D eigenvalue weighted by atomic mass is 10.0. The molecule has 17 heavy (non-hydrogen) atoms. The van der Waals surface area contributed by atoms with Crippen molar-refractivity contribution in [3.8, 4) is 5.75 Å². The average Bonchev–Trinajstić information content (AvgIpc) is 2.32. The highest BCUT2D eigenvalue weighted by atomic mass is 19.1. The molecule has 0 aliphatic carbocycles. The first kappa shape index (κ1) is 14.0. The second kappa shape index (κ2) is 6.60. The van der Waals surface area contributed by atoms with Crippen molar-refractivity contribution >= 4 is 0 Å². The molecule has 0 aromatic heterocycles. The summed E-state index contributed by atoms with van der Waals surface area (Å²) in [5.74, 6) is 0.615. The average molecular weight is 239 g/mol. The molecule has 2 nitrogen and oxygen atoms in total. The summed E-state index contributed by atoms with van der Waals surface area (Å²) in [6, 6.07) is 3.44. The number of hydrogen-bond acceptors (Lipinski definition) is 2. The number of nitrogens with one attached hydrogen (secondary N) is 1. The topological polar surface area (TPSA) is 21.3 Å². The fourth-order valence-electron chi connectivity index (χ4n) is 1.62. The normalized spacial score (nSPS) is 12.5. The molecule has 1 N–H and O–H groups in total. The van der Waals surface area contributed by atoms with E-state index in [1.165, 1.54) is 0 Å². The van der Waals surface area contributed by atoms with E-state index in [-0.39, 0.29) is 11.9 Å². The van der Waals surface area contributed by atoms with Gasteiger partial charge in [-0.3, -0.25) is 0 Å². The zero-order chi connectivity index (χ0) is 12.8. The Morgan fingerprint density at radius 3 is 2.71 bits per heavy atom. The highest BCUT2D eigenvalue weighted by Crippen LogP contribution is 2.28. The van der Waals surface area contributed by atoms with E-state index in [0.717, 1.165) is 24.2 Å². The number of rotatable bonds is 6. The second-order valence-corrected chi connectivity index (χ2v) is 4.35. The fraction of sp³-hybridized carbons (Fsp3) is 0.571. The number of aryl methyl sites for hydroxylation is 1. The smallest absolute Gasteiger partial charge is 0.126 e. The Kier molecular flexibility index (Phi) is 5.42. The summed E-state index contributed by atoms with van der Waals surface area (Å²) in [6.45, 7) is 6.56. The lowest BCUT2D eigenvalue weighted by Gasteiger charge is -2.17. The van der Waals surface area contributed by atoms with Crippen LogP contribution in [0.3, 0.4) is 0 Å². The second-order valence-electron chi connectivity index (χ2n) is 4.35. The van der Waals surface area contributed by atoms with Crippen LogP contribution in [0.1, 0.15) is 43.9 Å². The molecule has 0 fully saturated rings. The van der Waals surface area contributed by atoms with Gasteiger partial charge in [-0.1, -0.05) is 13.3 Å². The highest BCUT2D eigenvalue weighted by Gasteiger charge is 2.13. The van der Waals surface area contributed by atoms with Gasteiger partial charge in [0.25, 0.3) is 0 Å². The van der Waals surface area contributed by atoms with Crippen LogP contribution in [0.4, 0.5) is 4.39 Å². The van der Waals surface area contributed by atoms with Crippen LogP contribution in [0.15, 0.2) is 12.1 Å². The predicted octanol–water partition coefficient (Wildman–Crippen LogP) is 3.59. The van der Waals surface area contributed by atoms with Crippen LogP contribution in [-0.2, 0) is 0 Å². The first-order valence-electron chi connectivity index (χ1n) is 6.20. The van der Waals surface area contributed by atoms with Crippen molar-refractivity contribution in [1.29, 1.82) is 0 Å². The van der Waals surface area contributed by atoms with Crippen LogP contribution in [0.5, 0.6) is 5.75 Å². The molecule has 1 unspecified atom stereocenters. The molecule has 96 valence electrons. The summed E-state index contributed by atoms with van der Waals surface area (Å²) in [4.78, 5) is 0. The first-order valence-corrected chi connectivity index (χ1v) is 6.20. The van der Waals surface area contributed by atoms with E-state index in [9.17, 15) is 4.39 Å². The molecule has 0 spiro atoms. The fourth-order valence-corrected chi connectivity index (χ4v) is 1.62. The Morgan fingerprint density at radius 2 is 2.12 bits per heavy atom. The molecule has 0 aliphatic rings. The van der Waals surface area contributed by atoms with Crippen LogP contribution in [0, 0.1) is 12.7 Å². The number of benzene rings is 1. The van der Waals surface area contributed by atoms with Gasteiger partial charge in [0.2, 0.25) is 0 Å². The number of unbranched alkanes of at least 4 members (excludes halogenated alkanes) is 1. The molecule has 0 amide bonds. The van der Waals surface area contributed by atoms with E-state index in [4.69, 9.17) is 4.74 Å². The third-order valence-electron chi connectivity index (χ3n) is 2.95. The minimum Gasteiger partial charge on any atom is -0.493 e. The summed E-state index contributed by atoms with van der Waals surface area (Å²) in [5, 5.41) is 3.11. The lowest BCUT2D eigenvalue weighted by Crippen LogP contribution is -2.14. The van der Waals surface area contributed by atoms with Crippen molar-refractivity contribution < 1.29 is 9.13 Å². The van der Waals surface area contributed by atoms with E-state index >= 15 is 0 Å². The molecule has 3 heteroatoms. The van der Waals surface area contributed by atoms with Crippen molar-refractivity contribution in [3.63, 3.8) is 0 Å². The SMILES string of the molecule is CCCCOc1cc(C)c(F)cc1C(C)NC. The standard InChI is InChI=1S/C14H22FNO/c1-5-6-7-17-14-8-10(2)13(15)9-12(14)11(3)16-4/h8-9,11,16H,5-7H2,1-4H3. The molecular formula is C14H22FNO. The van der Waals surface area contributed by atoms with Crippen molar-refractivity contribution in [2.75, 3.05) is 13.7 Å². The minimum absolute atomic E-state index is 0.0849. The predicted molar refractivity (Wildman–Crippen MR) is 69.0 cm³/mol. The third kappa shape index (κ3) is 3.70. The molecule has 0 heterocycles. The quantitative estimate of drug-likeness (QED) is 0.766. The molecule has 0 saturated heterocycles. The molecule has 1 aromatic carbocycles. The summed E-state index contributed by atoms with van der Waals surface area (Å²) in [7, 11) is 1.86. The molecular weight excluding hydrogens is 217 g/mol. The number of hydrogen-bond donors (Lipinski definition) is 1. The first-order chi connectivity index (χ1) is 8.10. The molecule has 0 bridgehead atoms. The van der Waals surface area contributed by atoms with Gasteiger partial charge in [0.05, 0.1) is 6.61 Å². The number of ether oxygens (including phenoxy) is 1. The summed E-state index contributed by atoms with van der Waals surface area (Å²) in [5.41, 5.74) is 1.51. The van der Waals surface area contributed by atoms with Gasteiger partial charge in [-0.25, -0.2) is 4.39 Å². The van der Waals surface area contributed by atoms with Crippen LogP contribution < -0.4 is 10.1 Å². The van der Waals surface area contributed by atoms with Gasteiger partial charge < -0.3 is 10.1 Å². The summed E-state index contributed by atoms with van der Waals surface area (Å²) in [6.07, 6.45) is 2.11. The Balaban J connectivity index is 2.94. The van der Waals surface area contributed by atoms with E-state index in [1.54, 1.807) is 19.1 Å². The van der Waals surface area contributed by atoms with Gasteiger partial charge in [-0.2, -0.15) is 0 Å². The van der Waals surface area contributed by atoms with Gasteiger partial charge in [0.15, 0.2) is 0 Å². The van der Waals surface area contributed by atoms with Crippen molar-refractivity contribution in [2.24, 2.45) is 0 Å². The molecule has 1 atom stereocenters. The minimum atomic E-state index is -0.176. The van der Waals surface area contributed by atoms with Crippen LogP contribution in [-0.4, -0.2) is 13.7 Å². The lowest BCUT2D eigenvalue weighted by molar-refractivity contribution is 0.303. The number of halogens is 1. The molecule has 0 aliphatic heterocycles. The molecule has 0 saturated carbocycles. The van der Waals surface area contributed by atoms with Crippen molar-refractivity contribution in [2.45, 2.75) is 39.7 Å². The van der Waals surface area contributed by atoms with Crippen LogP contribution >= 0.6 is 0 Å². The summed E-state index contributed by atoms with van der Waals surface area (Å²) < 4.78 is 19.3. The van der Waals surface area contributed by atoms with Gasteiger partial charge >= 0.3 is 0 Å². The van der Waals surface area contributed by atoms with Crippen LogP contribution in [0.2, 0.25) is 0 Å². The Hall–Kier alpha value is -1.09. The Morgan fingerprint density at radius 1 is 1.41 bits per heavy atom. The maximum absolute atomic E-state index is 13.6. The molecule has 1 rings (SSSR count). The van der Waals surface area contributed by atoms with Crippen molar-refractivity contribution in [1.82, 2.24) is 5.32 Å². The zero-order valence-electron chi connectivity index (χ0n) is 11.1. The monoisotopic (exact) mass is 239 g/mol. The van der Waals surface area contributed by atoms with Crippen molar-refractivity contribution in [3.05, 3.63) is 29.1 Å². The van der Waals surface area contributed by atoms with E-state index in [0.29, 0.717) is 12.2 Å². The Labute approximate surface area is 103 Å². The third-order valence-corrected chi connectivity index (χ3v) is 2.95. The highest BCUT2D eigenvalue weighted by molar-refractivity contribution is 5.40. The van der Waals surface area contributed by atoms with E-state index in [1.807, 2.05) is 14.0 Å². The van der Waals surface area contributed by atoms with E-state index < -0.39 is 0 Å². The zero-order valence-corrected chi connectivity index (χ0v) is 11.1. The van der Waals surface area contributed by atoms with Gasteiger partial charge in [-0.05, 0) is 45.0 Å².